The van der Waals surface area contributed by atoms with Gasteiger partial charge in [0.05, 0.1) is 5.69 Å². The lowest BCUT2D eigenvalue weighted by Crippen LogP contribution is -2.08. The minimum Gasteiger partial charge on any atom is -0.330 e. The van der Waals surface area contributed by atoms with Gasteiger partial charge in [-0.3, -0.25) is 0 Å². The molecule has 96 valence electrons. The van der Waals surface area contributed by atoms with E-state index in [1.54, 1.807) is 11.6 Å². The van der Waals surface area contributed by atoms with Crippen molar-refractivity contribution in [3.8, 4) is 11.3 Å². The van der Waals surface area contributed by atoms with E-state index in [9.17, 15) is 8.78 Å². The Bertz CT molecular complexity index is 581. The third kappa shape index (κ3) is 2.30. The van der Waals surface area contributed by atoms with Crippen molar-refractivity contribution in [2.75, 3.05) is 6.54 Å². The van der Waals surface area contributed by atoms with Crippen molar-refractivity contribution in [1.29, 1.82) is 0 Å². The minimum atomic E-state index is -0.613. The predicted molar refractivity (Wildman–Crippen MR) is 69.0 cm³/mol. The van der Waals surface area contributed by atoms with Crippen molar-refractivity contribution < 1.29 is 8.78 Å². The van der Waals surface area contributed by atoms with Crippen LogP contribution in [0.15, 0.2) is 22.8 Å². The number of rotatable bonds is 3. The molecule has 0 unspecified atom stereocenters. The van der Waals surface area contributed by atoms with Crippen LogP contribution < -0.4 is 5.73 Å². The Labute approximate surface area is 112 Å². The Balaban J connectivity index is 2.56. The molecule has 0 spiro atoms. The Hall–Kier alpha value is -1.27. The molecule has 0 aliphatic heterocycles. The average molecular weight is 316 g/mol. The van der Waals surface area contributed by atoms with Crippen LogP contribution in [0.2, 0.25) is 0 Å². The standard InChI is InChI=1S/C12H12BrF2N3/c1-18-10(4-5-16)17-12(13)11(18)8-3-2-7(14)6-9(8)15/h2-3,6H,4-5,16H2,1H3. The second kappa shape index (κ2) is 5.16. The van der Waals surface area contributed by atoms with E-state index in [0.29, 0.717) is 28.8 Å². The van der Waals surface area contributed by atoms with E-state index < -0.39 is 11.6 Å². The summed E-state index contributed by atoms with van der Waals surface area (Å²) in [5.41, 5.74) is 6.37. The van der Waals surface area contributed by atoms with E-state index in [4.69, 9.17) is 5.73 Å². The molecule has 0 saturated heterocycles. The second-order valence-electron chi connectivity index (χ2n) is 3.89. The van der Waals surface area contributed by atoms with Gasteiger partial charge in [-0.1, -0.05) is 0 Å². The molecule has 0 aliphatic carbocycles. The lowest BCUT2D eigenvalue weighted by molar-refractivity contribution is 0.584. The molecule has 6 heteroatoms. The smallest absolute Gasteiger partial charge is 0.135 e. The maximum Gasteiger partial charge on any atom is 0.135 e. The SMILES string of the molecule is Cn1c(CCN)nc(Br)c1-c1ccc(F)cc1F. The number of aromatic nitrogens is 2. The average Bonchev–Trinajstić information content (AvgIpc) is 2.56. The largest absolute Gasteiger partial charge is 0.330 e. The van der Waals surface area contributed by atoms with E-state index >= 15 is 0 Å². The number of nitrogens with two attached hydrogens (primary N) is 1. The second-order valence-corrected chi connectivity index (χ2v) is 4.64. The third-order valence-electron chi connectivity index (χ3n) is 2.70. The van der Waals surface area contributed by atoms with Gasteiger partial charge in [-0.05, 0) is 34.6 Å². The molecule has 18 heavy (non-hydrogen) atoms. The Morgan fingerprint density at radius 2 is 2.11 bits per heavy atom. The van der Waals surface area contributed by atoms with Crippen molar-refractivity contribution in [3.05, 3.63) is 40.3 Å². The lowest BCUT2D eigenvalue weighted by atomic mass is 10.1. The van der Waals surface area contributed by atoms with Gasteiger partial charge >= 0.3 is 0 Å². The minimum absolute atomic E-state index is 0.307. The lowest BCUT2D eigenvalue weighted by Gasteiger charge is -2.07. The van der Waals surface area contributed by atoms with E-state index in [2.05, 4.69) is 20.9 Å². The Kier molecular flexibility index (Phi) is 3.77. The van der Waals surface area contributed by atoms with E-state index in [-0.39, 0.29) is 0 Å². The zero-order chi connectivity index (χ0) is 13.3. The highest BCUT2D eigenvalue weighted by Gasteiger charge is 2.17. The van der Waals surface area contributed by atoms with Crippen molar-refractivity contribution >= 4 is 15.9 Å². The molecule has 0 fully saturated rings. The number of hydrogen-bond donors (Lipinski definition) is 1. The van der Waals surface area contributed by atoms with Crippen molar-refractivity contribution in [2.24, 2.45) is 12.8 Å². The van der Waals surface area contributed by atoms with Gasteiger partial charge in [0.25, 0.3) is 0 Å². The van der Waals surface area contributed by atoms with Crippen LogP contribution in [-0.4, -0.2) is 16.1 Å². The van der Waals surface area contributed by atoms with E-state index in [1.165, 1.54) is 12.1 Å². The van der Waals surface area contributed by atoms with E-state index in [0.717, 1.165) is 11.9 Å². The van der Waals surface area contributed by atoms with Gasteiger partial charge in [-0.15, -0.1) is 0 Å². The van der Waals surface area contributed by atoms with Crippen LogP contribution in [-0.2, 0) is 13.5 Å². The quantitative estimate of drug-likeness (QED) is 0.946. The molecule has 1 aromatic carbocycles. The highest BCUT2D eigenvalue weighted by Crippen LogP contribution is 2.30. The van der Waals surface area contributed by atoms with Gasteiger partial charge in [0.2, 0.25) is 0 Å². The van der Waals surface area contributed by atoms with Gasteiger partial charge < -0.3 is 10.3 Å². The number of nitrogens with zero attached hydrogens (tertiary/aromatic N) is 2. The molecule has 2 aromatic rings. The molecule has 2 N–H and O–H groups in total. The molecule has 1 aromatic heterocycles. The van der Waals surface area contributed by atoms with Crippen LogP contribution in [0.3, 0.4) is 0 Å². The first kappa shape index (κ1) is 13.2. The van der Waals surface area contributed by atoms with Crippen LogP contribution in [0.1, 0.15) is 5.82 Å². The summed E-state index contributed by atoms with van der Waals surface area (Å²) in [6.45, 7) is 0.461. The molecular weight excluding hydrogens is 304 g/mol. The van der Waals surface area contributed by atoms with Crippen LogP contribution in [0.25, 0.3) is 11.3 Å². The number of hydrogen-bond acceptors (Lipinski definition) is 2. The fourth-order valence-electron chi connectivity index (χ4n) is 1.83. The summed E-state index contributed by atoms with van der Waals surface area (Å²) < 4.78 is 28.9. The molecule has 0 amide bonds. The highest BCUT2D eigenvalue weighted by molar-refractivity contribution is 9.10. The topological polar surface area (TPSA) is 43.8 Å². The zero-order valence-electron chi connectivity index (χ0n) is 9.75. The van der Waals surface area contributed by atoms with Crippen molar-refractivity contribution in [2.45, 2.75) is 6.42 Å². The molecule has 0 aliphatic rings. The van der Waals surface area contributed by atoms with Crippen LogP contribution in [0.4, 0.5) is 8.78 Å². The van der Waals surface area contributed by atoms with Crippen molar-refractivity contribution in [3.63, 3.8) is 0 Å². The molecule has 3 nitrogen and oxygen atoms in total. The third-order valence-corrected chi connectivity index (χ3v) is 3.25. The first-order valence-corrected chi connectivity index (χ1v) is 6.20. The molecule has 2 rings (SSSR count). The zero-order valence-corrected chi connectivity index (χ0v) is 11.3. The monoisotopic (exact) mass is 315 g/mol. The Morgan fingerprint density at radius 1 is 1.39 bits per heavy atom. The summed E-state index contributed by atoms with van der Waals surface area (Å²) in [6, 6.07) is 3.48. The molecule has 0 radical (unpaired) electrons. The molecular formula is C12H12BrF2N3. The van der Waals surface area contributed by atoms with E-state index in [1.807, 2.05) is 0 Å². The maximum absolute atomic E-state index is 13.8. The normalized spacial score (nSPS) is 10.9. The molecule has 0 bridgehead atoms. The number of benzene rings is 1. The van der Waals surface area contributed by atoms with Crippen LogP contribution in [0, 0.1) is 11.6 Å². The van der Waals surface area contributed by atoms with Crippen LogP contribution in [0.5, 0.6) is 0 Å². The molecule has 0 atom stereocenters. The summed E-state index contributed by atoms with van der Waals surface area (Å²) in [7, 11) is 1.78. The number of imidazole rings is 1. The van der Waals surface area contributed by atoms with Crippen molar-refractivity contribution in [1.82, 2.24) is 9.55 Å². The predicted octanol–water partition coefficient (Wildman–Crippen LogP) is 2.63. The maximum atomic E-state index is 13.8. The van der Waals surface area contributed by atoms with Gasteiger partial charge in [0, 0.05) is 25.1 Å². The molecule has 1 heterocycles. The summed E-state index contributed by atoms with van der Waals surface area (Å²) in [4.78, 5) is 4.28. The number of halogens is 3. The highest BCUT2D eigenvalue weighted by atomic mass is 79.9. The van der Waals surface area contributed by atoms with Gasteiger partial charge in [-0.2, -0.15) is 0 Å². The first-order chi connectivity index (χ1) is 8.54. The summed E-state index contributed by atoms with van der Waals surface area (Å²) >= 11 is 3.29. The first-order valence-electron chi connectivity index (χ1n) is 5.41. The summed E-state index contributed by atoms with van der Waals surface area (Å²) in [5.74, 6) is -0.460. The summed E-state index contributed by atoms with van der Waals surface area (Å²) in [6.07, 6.45) is 0.595. The van der Waals surface area contributed by atoms with Gasteiger partial charge in [0.1, 0.15) is 22.1 Å². The van der Waals surface area contributed by atoms with Gasteiger partial charge in [-0.25, -0.2) is 13.8 Å². The van der Waals surface area contributed by atoms with Gasteiger partial charge in [0.15, 0.2) is 0 Å². The molecule has 0 saturated carbocycles. The fourth-order valence-corrected chi connectivity index (χ4v) is 2.52. The van der Waals surface area contributed by atoms with Crippen LogP contribution >= 0.6 is 15.9 Å². The summed E-state index contributed by atoms with van der Waals surface area (Å²) in [5, 5.41) is 0. The fraction of sp³-hybridized carbons (Fsp3) is 0.250. The Morgan fingerprint density at radius 3 is 2.72 bits per heavy atom.